The van der Waals surface area contributed by atoms with Crippen LogP contribution >= 0.6 is 24.0 Å². The minimum atomic E-state index is 0. The van der Waals surface area contributed by atoms with Gasteiger partial charge in [-0.3, -0.25) is 14.5 Å². The number of amides is 1. The van der Waals surface area contributed by atoms with Crippen LogP contribution in [-0.2, 0) is 31.4 Å². The van der Waals surface area contributed by atoms with Crippen molar-refractivity contribution in [3.8, 4) is 0 Å². The van der Waals surface area contributed by atoms with E-state index in [1.54, 1.807) is 7.05 Å². The summed E-state index contributed by atoms with van der Waals surface area (Å²) in [6.45, 7) is 8.52. The van der Waals surface area contributed by atoms with Crippen molar-refractivity contribution in [2.75, 3.05) is 13.6 Å². The standard InChI is InChI=1S/C23H34N6O.HI/c1-16(13-21-17(2)27-28(5)18(21)3)26-23(24-4)25-14-19-9-6-7-10-20(19)15-29-12-8-11-22(29)30;/h6-7,9-10,16H,8,11-15H2,1-5H3,(H2,24,25,26);1H. The zero-order chi connectivity index (χ0) is 21.7. The summed E-state index contributed by atoms with van der Waals surface area (Å²) in [4.78, 5) is 18.3. The van der Waals surface area contributed by atoms with Gasteiger partial charge in [0.1, 0.15) is 0 Å². The second kappa shape index (κ2) is 11.5. The Morgan fingerprint density at radius 2 is 1.97 bits per heavy atom. The van der Waals surface area contributed by atoms with E-state index in [0.717, 1.165) is 31.0 Å². The van der Waals surface area contributed by atoms with Gasteiger partial charge in [0.25, 0.3) is 0 Å². The number of benzene rings is 1. The molecule has 0 aliphatic carbocycles. The van der Waals surface area contributed by atoms with Crippen molar-refractivity contribution in [3.05, 3.63) is 52.3 Å². The molecule has 1 unspecified atom stereocenters. The van der Waals surface area contributed by atoms with E-state index in [9.17, 15) is 4.79 Å². The van der Waals surface area contributed by atoms with Gasteiger partial charge in [0.2, 0.25) is 5.91 Å². The van der Waals surface area contributed by atoms with Crippen LogP contribution in [0.1, 0.15) is 47.8 Å². The molecule has 1 aromatic heterocycles. The first kappa shape index (κ1) is 25.2. The lowest BCUT2D eigenvalue weighted by Gasteiger charge is -2.21. The minimum Gasteiger partial charge on any atom is -0.354 e. The number of carbonyl (C=O) groups excluding carboxylic acids is 1. The topological polar surface area (TPSA) is 74.6 Å². The number of rotatable bonds is 7. The Bertz CT molecular complexity index is 923. The van der Waals surface area contributed by atoms with Crippen LogP contribution < -0.4 is 10.6 Å². The summed E-state index contributed by atoms with van der Waals surface area (Å²) >= 11 is 0. The molecule has 1 aliphatic heterocycles. The largest absolute Gasteiger partial charge is 0.354 e. The van der Waals surface area contributed by atoms with E-state index in [0.29, 0.717) is 19.5 Å². The monoisotopic (exact) mass is 538 g/mol. The average Bonchev–Trinajstić information content (AvgIpc) is 3.23. The van der Waals surface area contributed by atoms with Crippen LogP contribution in [0.2, 0.25) is 0 Å². The highest BCUT2D eigenvalue weighted by molar-refractivity contribution is 14.0. The molecule has 2 N–H and O–H groups in total. The number of likely N-dealkylation sites (tertiary alicyclic amines) is 1. The first-order valence-electron chi connectivity index (χ1n) is 10.7. The van der Waals surface area contributed by atoms with Crippen molar-refractivity contribution < 1.29 is 4.79 Å². The van der Waals surface area contributed by atoms with Crippen LogP contribution in [0.4, 0.5) is 0 Å². The molecular formula is C23H35IN6O. The molecule has 1 aromatic carbocycles. The Hall–Kier alpha value is -2.10. The van der Waals surface area contributed by atoms with Crippen molar-refractivity contribution in [3.63, 3.8) is 0 Å². The van der Waals surface area contributed by atoms with Crippen molar-refractivity contribution in [2.45, 2.75) is 59.2 Å². The van der Waals surface area contributed by atoms with Crippen molar-refractivity contribution >= 4 is 35.8 Å². The number of aliphatic imine (C=N–C) groups is 1. The van der Waals surface area contributed by atoms with Gasteiger partial charge < -0.3 is 15.5 Å². The van der Waals surface area contributed by atoms with Gasteiger partial charge in [-0.25, -0.2) is 0 Å². The van der Waals surface area contributed by atoms with Crippen LogP contribution in [0.5, 0.6) is 0 Å². The van der Waals surface area contributed by atoms with Crippen LogP contribution in [-0.4, -0.2) is 46.2 Å². The summed E-state index contributed by atoms with van der Waals surface area (Å²) in [5, 5.41) is 11.4. The van der Waals surface area contributed by atoms with E-state index >= 15 is 0 Å². The molecule has 31 heavy (non-hydrogen) atoms. The zero-order valence-electron chi connectivity index (χ0n) is 19.2. The fraction of sp³-hybridized carbons (Fsp3) is 0.522. The molecule has 0 spiro atoms. The number of carbonyl (C=O) groups is 1. The fourth-order valence-corrected chi connectivity index (χ4v) is 4.04. The van der Waals surface area contributed by atoms with Gasteiger partial charge in [-0.05, 0) is 50.3 Å². The van der Waals surface area contributed by atoms with Crippen molar-refractivity contribution in [1.29, 1.82) is 0 Å². The number of halogens is 1. The predicted molar refractivity (Wildman–Crippen MR) is 136 cm³/mol. The van der Waals surface area contributed by atoms with Crippen LogP contribution in [0.15, 0.2) is 29.3 Å². The van der Waals surface area contributed by atoms with Gasteiger partial charge in [-0.15, -0.1) is 24.0 Å². The van der Waals surface area contributed by atoms with Gasteiger partial charge in [0.15, 0.2) is 5.96 Å². The van der Waals surface area contributed by atoms with Gasteiger partial charge in [-0.1, -0.05) is 24.3 Å². The number of aromatic nitrogens is 2. The molecule has 1 fully saturated rings. The summed E-state index contributed by atoms with van der Waals surface area (Å²) < 4.78 is 1.94. The van der Waals surface area contributed by atoms with Crippen LogP contribution in [0, 0.1) is 13.8 Å². The summed E-state index contributed by atoms with van der Waals surface area (Å²) in [7, 11) is 3.77. The molecular weight excluding hydrogens is 503 g/mol. The Balaban J connectivity index is 0.00000341. The molecule has 1 saturated heterocycles. The zero-order valence-corrected chi connectivity index (χ0v) is 21.6. The smallest absolute Gasteiger partial charge is 0.222 e. The van der Waals surface area contributed by atoms with Gasteiger partial charge in [-0.2, -0.15) is 5.10 Å². The van der Waals surface area contributed by atoms with Gasteiger partial charge in [0, 0.05) is 51.9 Å². The molecule has 1 aliphatic rings. The summed E-state index contributed by atoms with van der Waals surface area (Å²) in [6, 6.07) is 8.51. The SMILES string of the molecule is CN=C(NCc1ccccc1CN1CCCC1=O)NC(C)Cc1c(C)nn(C)c1C.I. The van der Waals surface area contributed by atoms with E-state index in [2.05, 4.69) is 53.6 Å². The molecule has 170 valence electrons. The number of guanidine groups is 1. The Morgan fingerprint density at radius 3 is 2.55 bits per heavy atom. The molecule has 3 rings (SSSR count). The normalized spacial score (nSPS) is 15.1. The van der Waals surface area contributed by atoms with Gasteiger partial charge in [0.05, 0.1) is 5.69 Å². The third-order valence-corrected chi connectivity index (χ3v) is 5.87. The maximum absolute atomic E-state index is 12.0. The lowest BCUT2D eigenvalue weighted by atomic mass is 10.1. The molecule has 0 bridgehead atoms. The highest BCUT2D eigenvalue weighted by atomic mass is 127. The first-order valence-corrected chi connectivity index (χ1v) is 10.7. The van der Waals surface area contributed by atoms with Gasteiger partial charge >= 0.3 is 0 Å². The number of aryl methyl sites for hydroxylation is 2. The van der Waals surface area contributed by atoms with Crippen LogP contribution in [0.25, 0.3) is 0 Å². The van der Waals surface area contributed by atoms with E-state index in [1.807, 2.05) is 28.8 Å². The van der Waals surface area contributed by atoms with Crippen LogP contribution in [0.3, 0.4) is 0 Å². The molecule has 0 radical (unpaired) electrons. The maximum atomic E-state index is 12.0. The second-order valence-corrected chi connectivity index (χ2v) is 8.14. The first-order chi connectivity index (χ1) is 14.4. The van der Waals surface area contributed by atoms with Crippen molar-refractivity contribution in [1.82, 2.24) is 25.3 Å². The third kappa shape index (κ3) is 6.44. The Kier molecular flexibility index (Phi) is 9.33. The number of nitrogens with zero attached hydrogens (tertiary/aromatic N) is 4. The van der Waals surface area contributed by atoms with Crippen molar-refractivity contribution in [2.24, 2.45) is 12.0 Å². The highest BCUT2D eigenvalue weighted by Crippen LogP contribution is 2.17. The molecule has 2 aromatic rings. The molecule has 2 heterocycles. The van der Waals surface area contributed by atoms with E-state index in [4.69, 9.17) is 0 Å². The predicted octanol–water partition coefficient (Wildman–Crippen LogP) is 3.07. The maximum Gasteiger partial charge on any atom is 0.222 e. The fourth-order valence-electron chi connectivity index (χ4n) is 4.04. The summed E-state index contributed by atoms with van der Waals surface area (Å²) in [5.74, 6) is 1.03. The molecule has 1 amide bonds. The number of nitrogens with one attached hydrogen (secondary N) is 2. The van der Waals surface area contributed by atoms with E-state index < -0.39 is 0 Å². The molecule has 7 nitrogen and oxygen atoms in total. The lowest BCUT2D eigenvalue weighted by molar-refractivity contribution is -0.128. The van der Waals surface area contributed by atoms with E-state index in [1.165, 1.54) is 22.4 Å². The Morgan fingerprint density at radius 1 is 1.26 bits per heavy atom. The third-order valence-electron chi connectivity index (χ3n) is 5.87. The summed E-state index contributed by atoms with van der Waals surface area (Å²) in [5.41, 5.74) is 5.94. The second-order valence-electron chi connectivity index (χ2n) is 8.14. The Labute approximate surface area is 202 Å². The number of hydrogen-bond acceptors (Lipinski definition) is 3. The molecule has 8 heteroatoms. The molecule has 0 saturated carbocycles. The lowest BCUT2D eigenvalue weighted by Crippen LogP contribution is -2.43. The minimum absolute atomic E-state index is 0. The summed E-state index contributed by atoms with van der Waals surface area (Å²) in [6.07, 6.45) is 2.52. The quantitative estimate of drug-likeness (QED) is 0.323. The van der Waals surface area contributed by atoms with E-state index in [-0.39, 0.29) is 35.9 Å². The highest BCUT2D eigenvalue weighted by Gasteiger charge is 2.21. The average molecular weight is 538 g/mol. The molecule has 1 atom stereocenters. The number of hydrogen-bond donors (Lipinski definition) is 2.